The molecule has 0 fully saturated rings. The van der Waals surface area contributed by atoms with Crippen LogP contribution in [0.2, 0.25) is 0 Å². The molecule has 136 valence electrons. The third kappa shape index (κ3) is 3.21. The molecule has 0 aliphatic rings. The second kappa shape index (κ2) is 6.39. The molecule has 0 amide bonds. The number of nitrogens with one attached hydrogen (secondary N) is 1. The lowest BCUT2D eigenvalue weighted by Gasteiger charge is -2.05. The van der Waals surface area contributed by atoms with Crippen LogP contribution in [0.3, 0.4) is 0 Å². The zero-order valence-corrected chi connectivity index (χ0v) is 14.6. The number of pyridine rings is 1. The van der Waals surface area contributed by atoms with Crippen molar-refractivity contribution in [2.24, 2.45) is 7.05 Å². The van der Waals surface area contributed by atoms with E-state index < -0.39 is 11.6 Å². The summed E-state index contributed by atoms with van der Waals surface area (Å²) >= 11 is 0. The van der Waals surface area contributed by atoms with Crippen LogP contribution in [0.25, 0.3) is 22.3 Å². The SMILES string of the molecule is Cc1nn(C)c2nc(Cc3ccc(-c4cc(F)cc(F)c4)nc3)[nH]c(=O)c12. The van der Waals surface area contributed by atoms with E-state index in [9.17, 15) is 13.6 Å². The van der Waals surface area contributed by atoms with Gasteiger partial charge in [0.2, 0.25) is 0 Å². The number of aryl methyl sites for hydroxylation is 2. The number of rotatable bonds is 3. The highest BCUT2D eigenvalue weighted by Crippen LogP contribution is 2.20. The van der Waals surface area contributed by atoms with E-state index in [4.69, 9.17) is 0 Å². The molecule has 4 rings (SSSR count). The summed E-state index contributed by atoms with van der Waals surface area (Å²) in [6.07, 6.45) is 1.96. The van der Waals surface area contributed by atoms with Crippen LogP contribution in [0.5, 0.6) is 0 Å². The summed E-state index contributed by atoms with van der Waals surface area (Å²) in [5.41, 5.74) is 2.53. The number of nitrogens with zero attached hydrogens (tertiary/aromatic N) is 4. The molecule has 0 saturated heterocycles. The first-order chi connectivity index (χ1) is 12.9. The lowest BCUT2D eigenvalue weighted by molar-refractivity contribution is 0.584. The summed E-state index contributed by atoms with van der Waals surface area (Å²) in [5.74, 6) is -0.823. The van der Waals surface area contributed by atoms with Crippen LogP contribution in [0.4, 0.5) is 8.78 Å². The smallest absolute Gasteiger partial charge is 0.262 e. The Morgan fingerprint density at radius 2 is 1.89 bits per heavy atom. The molecule has 3 heterocycles. The average Bonchev–Trinajstić information content (AvgIpc) is 2.89. The number of aromatic nitrogens is 5. The van der Waals surface area contributed by atoms with Gasteiger partial charge in [0.05, 0.1) is 11.4 Å². The number of benzene rings is 1. The Morgan fingerprint density at radius 3 is 2.56 bits per heavy atom. The summed E-state index contributed by atoms with van der Waals surface area (Å²) in [6, 6.07) is 6.72. The van der Waals surface area contributed by atoms with Crippen LogP contribution in [-0.4, -0.2) is 24.7 Å². The van der Waals surface area contributed by atoms with Crippen molar-refractivity contribution in [2.45, 2.75) is 13.3 Å². The summed E-state index contributed by atoms with van der Waals surface area (Å²) in [4.78, 5) is 23.8. The van der Waals surface area contributed by atoms with E-state index in [-0.39, 0.29) is 5.56 Å². The topological polar surface area (TPSA) is 76.5 Å². The van der Waals surface area contributed by atoms with Crippen LogP contribution in [0.15, 0.2) is 41.3 Å². The normalized spacial score (nSPS) is 11.3. The number of hydrogen-bond donors (Lipinski definition) is 1. The summed E-state index contributed by atoms with van der Waals surface area (Å²) in [5, 5.41) is 4.69. The molecule has 1 N–H and O–H groups in total. The van der Waals surface area contributed by atoms with Gasteiger partial charge in [0, 0.05) is 31.3 Å². The van der Waals surface area contributed by atoms with Crippen molar-refractivity contribution in [3.05, 3.63) is 75.6 Å². The molecule has 4 aromatic rings. The minimum atomic E-state index is -0.655. The first-order valence-corrected chi connectivity index (χ1v) is 8.24. The Labute approximate surface area is 152 Å². The molecule has 0 spiro atoms. The van der Waals surface area contributed by atoms with E-state index in [1.165, 1.54) is 12.1 Å². The molecule has 3 aromatic heterocycles. The molecule has 0 bridgehead atoms. The third-order valence-corrected chi connectivity index (χ3v) is 4.27. The van der Waals surface area contributed by atoms with Crippen molar-refractivity contribution in [3.8, 4) is 11.3 Å². The summed E-state index contributed by atoms with van der Waals surface area (Å²) in [7, 11) is 1.74. The van der Waals surface area contributed by atoms with E-state index in [0.29, 0.717) is 40.2 Å². The molecule has 8 heteroatoms. The Morgan fingerprint density at radius 1 is 1.15 bits per heavy atom. The first-order valence-electron chi connectivity index (χ1n) is 8.24. The predicted molar refractivity (Wildman–Crippen MR) is 96.3 cm³/mol. The maximum absolute atomic E-state index is 13.4. The van der Waals surface area contributed by atoms with Crippen molar-refractivity contribution in [1.29, 1.82) is 0 Å². The van der Waals surface area contributed by atoms with Crippen molar-refractivity contribution in [1.82, 2.24) is 24.7 Å². The quantitative estimate of drug-likeness (QED) is 0.604. The Hall–Kier alpha value is -3.42. The fourth-order valence-corrected chi connectivity index (χ4v) is 3.07. The van der Waals surface area contributed by atoms with Crippen molar-refractivity contribution in [2.75, 3.05) is 0 Å². The van der Waals surface area contributed by atoms with E-state index in [0.717, 1.165) is 11.6 Å². The maximum atomic E-state index is 13.4. The molecular weight excluding hydrogens is 352 g/mol. The Balaban J connectivity index is 1.65. The largest absolute Gasteiger partial charge is 0.310 e. The van der Waals surface area contributed by atoms with Gasteiger partial charge in [-0.25, -0.2) is 18.4 Å². The van der Waals surface area contributed by atoms with Crippen LogP contribution in [-0.2, 0) is 13.5 Å². The zero-order valence-electron chi connectivity index (χ0n) is 14.6. The third-order valence-electron chi connectivity index (χ3n) is 4.27. The van der Waals surface area contributed by atoms with Crippen molar-refractivity contribution >= 4 is 11.0 Å². The van der Waals surface area contributed by atoms with Gasteiger partial charge in [-0.1, -0.05) is 6.07 Å². The fourth-order valence-electron chi connectivity index (χ4n) is 3.07. The van der Waals surface area contributed by atoms with Gasteiger partial charge in [-0.2, -0.15) is 5.10 Å². The van der Waals surface area contributed by atoms with Gasteiger partial charge in [0.15, 0.2) is 5.65 Å². The number of halogens is 2. The van der Waals surface area contributed by atoms with E-state index in [2.05, 4.69) is 20.1 Å². The average molecular weight is 367 g/mol. The first kappa shape index (κ1) is 17.0. The van der Waals surface area contributed by atoms with Crippen molar-refractivity contribution < 1.29 is 8.78 Å². The number of fused-ring (bicyclic) bond motifs is 1. The number of hydrogen-bond acceptors (Lipinski definition) is 4. The molecule has 0 unspecified atom stereocenters. The van der Waals surface area contributed by atoms with E-state index in [1.807, 2.05) is 0 Å². The minimum Gasteiger partial charge on any atom is -0.310 e. The lowest BCUT2D eigenvalue weighted by Crippen LogP contribution is -2.13. The molecule has 27 heavy (non-hydrogen) atoms. The van der Waals surface area contributed by atoms with E-state index >= 15 is 0 Å². The summed E-state index contributed by atoms with van der Waals surface area (Å²) < 4.78 is 28.3. The molecular formula is C19H15F2N5O. The highest BCUT2D eigenvalue weighted by molar-refractivity contribution is 5.76. The van der Waals surface area contributed by atoms with Crippen LogP contribution < -0.4 is 5.56 Å². The van der Waals surface area contributed by atoms with E-state index in [1.54, 1.807) is 37.0 Å². The molecule has 1 aromatic carbocycles. The standard InChI is InChI=1S/C19H15F2N5O/c1-10-17-18(26(2)25-10)23-16(24-19(17)27)5-11-3-4-15(22-9-11)12-6-13(20)8-14(21)7-12/h3-4,6-9H,5H2,1-2H3,(H,23,24,27). The Bertz CT molecular complexity index is 1190. The minimum absolute atomic E-state index is 0.236. The van der Waals surface area contributed by atoms with Gasteiger partial charge < -0.3 is 4.98 Å². The van der Waals surface area contributed by atoms with Gasteiger partial charge in [-0.3, -0.25) is 9.78 Å². The molecule has 0 radical (unpaired) electrons. The van der Waals surface area contributed by atoms with Crippen molar-refractivity contribution in [3.63, 3.8) is 0 Å². The maximum Gasteiger partial charge on any atom is 0.262 e. The summed E-state index contributed by atoms with van der Waals surface area (Å²) in [6.45, 7) is 1.76. The molecule has 6 nitrogen and oxygen atoms in total. The van der Waals surface area contributed by atoms with Crippen LogP contribution >= 0.6 is 0 Å². The van der Waals surface area contributed by atoms with Crippen LogP contribution in [0, 0.1) is 18.6 Å². The second-order valence-electron chi connectivity index (χ2n) is 6.31. The lowest BCUT2D eigenvalue weighted by atomic mass is 10.1. The Kier molecular flexibility index (Phi) is 4.02. The number of H-pyrrole nitrogens is 1. The number of aromatic amines is 1. The second-order valence-corrected chi connectivity index (χ2v) is 6.31. The molecule has 0 saturated carbocycles. The highest BCUT2D eigenvalue weighted by atomic mass is 19.1. The zero-order chi connectivity index (χ0) is 19.1. The van der Waals surface area contributed by atoms with Gasteiger partial charge >= 0.3 is 0 Å². The van der Waals surface area contributed by atoms with Gasteiger partial charge in [0.1, 0.15) is 22.8 Å². The van der Waals surface area contributed by atoms with Gasteiger partial charge in [-0.05, 0) is 30.7 Å². The fraction of sp³-hybridized carbons (Fsp3) is 0.158. The predicted octanol–water partition coefficient (Wildman–Crippen LogP) is 2.90. The monoisotopic (exact) mass is 367 g/mol. The molecule has 0 aliphatic heterocycles. The van der Waals surface area contributed by atoms with Crippen LogP contribution in [0.1, 0.15) is 17.1 Å². The molecule has 0 atom stereocenters. The molecule has 0 aliphatic carbocycles. The van der Waals surface area contributed by atoms with Gasteiger partial charge in [-0.15, -0.1) is 0 Å². The highest BCUT2D eigenvalue weighted by Gasteiger charge is 2.12. The van der Waals surface area contributed by atoms with Gasteiger partial charge in [0.25, 0.3) is 5.56 Å².